The Morgan fingerprint density at radius 2 is 2.00 bits per heavy atom. The molecule has 1 saturated heterocycles. The lowest BCUT2D eigenvalue weighted by molar-refractivity contribution is 0.343. The summed E-state index contributed by atoms with van der Waals surface area (Å²) in [5.74, 6) is 6.35. The summed E-state index contributed by atoms with van der Waals surface area (Å²) in [7, 11) is 0. The molecule has 4 heterocycles. The summed E-state index contributed by atoms with van der Waals surface area (Å²) in [6.07, 6.45) is 9.83. The molecule has 5 heteroatoms. The Morgan fingerprint density at radius 3 is 2.91 bits per heavy atom. The van der Waals surface area contributed by atoms with Gasteiger partial charge in [0, 0.05) is 29.5 Å². The van der Waals surface area contributed by atoms with Crippen LogP contribution in [0, 0.1) is 11.8 Å². The number of hydrogen-bond acceptors (Lipinski definition) is 3. The molecular weight excluding hydrogens is 274 g/mol. The smallest absolute Gasteiger partial charge is 0.137 e. The fourth-order valence-corrected chi connectivity index (χ4v) is 2.83. The quantitative estimate of drug-likeness (QED) is 0.675. The second kappa shape index (κ2) is 5.66. The first-order valence-corrected chi connectivity index (χ1v) is 7.58. The van der Waals surface area contributed by atoms with Gasteiger partial charge in [0.15, 0.2) is 0 Å². The van der Waals surface area contributed by atoms with Crippen LogP contribution in [0.4, 0.5) is 0 Å². The second-order valence-corrected chi connectivity index (χ2v) is 5.58. The number of aromatic nitrogens is 4. The molecule has 0 atom stereocenters. The maximum absolute atomic E-state index is 4.46. The topological polar surface area (TPSA) is 58.5 Å². The van der Waals surface area contributed by atoms with Crippen LogP contribution in [-0.2, 0) is 0 Å². The van der Waals surface area contributed by atoms with E-state index in [1.54, 1.807) is 6.20 Å². The van der Waals surface area contributed by atoms with E-state index in [4.69, 9.17) is 0 Å². The van der Waals surface area contributed by atoms with Crippen molar-refractivity contribution in [3.8, 4) is 11.8 Å². The average molecular weight is 291 g/mol. The standard InChI is InChI=1S/C17H17N5/c1(13-9-15-3-8-19-17(15)20-10-13)2-14-11-21-22(12-14)16-4-6-18-7-5-16/h3,8-12,16,18H,4-7H2,(H,19,20). The maximum Gasteiger partial charge on any atom is 0.137 e. The Labute approximate surface area is 128 Å². The minimum Gasteiger partial charge on any atom is -0.346 e. The van der Waals surface area contributed by atoms with Gasteiger partial charge in [0.1, 0.15) is 5.65 Å². The summed E-state index contributed by atoms with van der Waals surface area (Å²) in [5.41, 5.74) is 2.76. The zero-order valence-corrected chi connectivity index (χ0v) is 12.2. The van der Waals surface area contributed by atoms with Crippen LogP contribution in [0.5, 0.6) is 0 Å². The van der Waals surface area contributed by atoms with Crippen LogP contribution < -0.4 is 5.32 Å². The molecule has 4 rings (SSSR count). The summed E-state index contributed by atoms with van der Waals surface area (Å²) < 4.78 is 2.05. The van der Waals surface area contributed by atoms with Crippen LogP contribution >= 0.6 is 0 Å². The average Bonchev–Trinajstić information content (AvgIpc) is 3.22. The van der Waals surface area contributed by atoms with Crippen LogP contribution in [0.15, 0.2) is 36.9 Å². The highest BCUT2D eigenvalue weighted by Crippen LogP contribution is 2.17. The molecule has 1 fully saturated rings. The van der Waals surface area contributed by atoms with Crippen molar-refractivity contribution in [3.63, 3.8) is 0 Å². The molecular formula is C17H17N5. The second-order valence-electron chi connectivity index (χ2n) is 5.58. The van der Waals surface area contributed by atoms with Gasteiger partial charge in [0.2, 0.25) is 0 Å². The van der Waals surface area contributed by atoms with Gasteiger partial charge in [0.25, 0.3) is 0 Å². The largest absolute Gasteiger partial charge is 0.346 e. The highest BCUT2D eigenvalue weighted by Gasteiger charge is 2.15. The first-order chi connectivity index (χ1) is 10.9. The molecule has 1 aliphatic heterocycles. The molecule has 22 heavy (non-hydrogen) atoms. The van der Waals surface area contributed by atoms with E-state index < -0.39 is 0 Å². The summed E-state index contributed by atoms with van der Waals surface area (Å²) in [5, 5.41) is 8.91. The molecule has 0 unspecified atom stereocenters. The molecule has 2 N–H and O–H groups in total. The minimum atomic E-state index is 0.495. The minimum absolute atomic E-state index is 0.495. The Bertz CT molecular complexity index is 842. The maximum atomic E-state index is 4.46. The van der Waals surface area contributed by atoms with E-state index in [0.29, 0.717) is 6.04 Å². The fraction of sp³-hybridized carbons (Fsp3) is 0.294. The molecule has 110 valence electrons. The Hall–Kier alpha value is -2.58. The van der Waals surface area contributed by atoms with E-state index in [1.165, 1.54) is 0 Å². The number of aromatic amines is 1. The molecule has 0 bridgehead atoms. The Morgan fingerprint density at radius 1 is 1.14 bits per heavy atom. The molecule has 5 nitrogen and oxygen atoms in total. The van der Waals surface area contributed by atoms with Gasteiger partial charge in [-0.25, -0.2) is 4.98 Å². The third-order valence-corrected chi connectivity index (χ3v) is 4.04. The van der Waals surface area contributed by atoms with Gasteiger partial charge in [-0.2, -0.15) is 5.10 Å². The van der Waals surface area contributed by atoms with Gasteiger partial charge in [-0.15, -0.1) is 0 Å². The number of fused-ring (bicyclic) bond motifs is 1. The summed E-state index contributed by atoms with van der Waals surface area (Å²) >= 11 is 0. The molecule has 0 radical (unpaired) electrons. The van der Waals surface area contributed by atoms with Crippen molar-refractivity contribution in [3.05, 3.63) is 48.0 Å². The van der Waals surface area contributed by atoms with Crippen LogP contribution in [0.1, 0.15) is 30.0 Å². The SMILES string of the molecule is C(#Cc1cnn(C2CCNCC2)c1)c1cnc2[nH]ccc2c1. The van der Waals surface area contributed by atoms with Crippen molar-refractivity contribution in [2.24, 2.45) is 0 Å². The normalized spacial score (nSPS) is 15.6. The highest BCUT2D eigenvalue weighted by molar-refractivity contribution is 5.76. The third kappa shape index (κ3) is 2.61. The number of piperidine rings is 1. The van der Waals surface area contributed by atoms with Crippen LogP contribution in [0.25, 0.3) is 11.0 Å². The van der Waals surface area contributed by atoms with Crippen molar-refractivity contribution >= 4 is 11.0 Å². The van der Waals surface area contributed by atoms with Gasteiger partial charge in [0.05, 0.1) is 17.8 Å². The zero-order valence-electron chi connectivity index (χ0n) is 12.2. The predicted octanol–water partition coefficient (Wildman–Crippen LogP) is 2.08. The van der Waals surface area contributed by atoms with E-state index in [0.717, 1.165) is 48.1 Å². The molecule has 0 saturated carbocycles. The summed E-state index contributed by atoms with van der Waals surface area (Å²) in [4.78, 5) is 7.43. The molecule has 0 amide bonds. The number of nitrogens with one attached hydrogen (secondary N) is 2. The van der Waals surface area contributed by atoms with Crippen molar-refractivity contribution < 1.29 is 0 Å². The van der Waals surface area contributed by atoms with Crippen molar-refractivity contribution in [2.75, 3.05) is 13.1 Å². The van der Waals surface area contributed by atoms with Crippen molar-refractivity contribution in [1.29, 1.82) is 0 Å². The molecule has 0 spiro atoms. The molecule has 3 aromatic rings. The molecule has 0 aliphatic carbocycles. The van der Waals surface area contributed by atoms with E-state index >= 15 is 0 Å². The van der Waals surface area contributed by atoms with E-state index in [1.807, 2.05) is 30.7 Å². The van der Waals surface area contributed by atoms with Crippen molar-refractivity contribution in [2.45, 2.75) is 18.9 Å². The van der Waals surface area contributed by atoms with Crippen LogP contribution in [0.3, 0.4) is 0 Å². The Kier molecular flexibility index (Phi) is 3.37. The van der Waals surface area contributed by atoms with E-state index in [-0.39, 0.29) is 0 Å². The number of rotatable bonds is 1. The van der Waals surface area contributed by atoms with Gasteiger partial charge < -0.3 is 10.3 Å². The summed E-state index contributed by atoms with van der Waals surface area (Å²) in [6.45, 7) is 2.13. The monoisotopic (exact) mass is 291 g/mol. The molecule has 3 aromatic heterocycles. The van der Waals surface area contributed by atoms with Gasteiger partial charge in [-0.3, -0.25) is 4.68 Å². The number of hydrogen-bond donors (Lipinski definition) is 2. The van der Waals surface area contributed by atoms with E-state index in [2.05, 4.69) is 36.9 Å². The van der Waals surface area contributed by atoms with Crippen LogP contribution in [0.2, 0.25) is 0 Å². The van der Waals surface area contributed by atoms with Gasteiger partial charge >= 0.3 is 0 Å². The lowest BCUT2D eigenvalue weighted by atomic mass is 10.1. The van der Waals surface area contributed by atoms with Crippen LogP contribution in [-0.4, -0.2) is 32.8 Å². The molecule has 0 aromatic carbocycles. The highest BCUT2D eigenvalue weighted by atomic mass is 15.3. The molecule has 1 aliphatic rings. The first-order valence-electron chi connectivity index (χ1n) is 7.58. The zero-order chi connectivity index (χ0) is 14.8. The number of H-pyrrole nitrogens is 1. The fourth-order valence-electron chi connectivity index (χ4n) is 2.83. The predicted molar refractivity (Wildman–Crippen MR) is 85.4 cm³/mol. The van der Waals surface area contributed by atoms with Crippen molar-refractivity contribution in [1.82, 2.24) is 25.1 Å². The van der Waals surface area contributed by atoms with Gasteiger partial charge in [-0.1, -0.05) is 11.8 Å². The first kappa shape index (κ1) is 13.1. The third-order valence-electron chi connectivity index (χ3n) is 4.04. The lowest BCUT2D eigenvalue weighted by Crippen LogP contribution is -2.29. The van der Waals surface area contributed by atoms with Gasteiger partial charge in [-0.05, 0) is 38.1 Å². The lowest BCUT2D eigenvalue weighted by Gasteiger charge is -2.22. The number of pyridine rings is 1. The van der Waals surface area contributed by atoms with E-state index in [9.17, 15) is 0 Å². The number of nitrogens with zero attached hydrogens (tertiary/aromatic N) is 3. The Balaban J connectivity index is 1.54. The summed E-state index contributed by atoms with van der Waals surface area (Å²) in [6, 6.07) is 4.54.